The predicted molar refractivity (Wildman–Crippen MR) is 440 cm³/mol. The van der Waals surface area contributed by atoms with Crippen LogP contribution in [0.2, 0.25) is 15.1 Å². The van der Waals surface area contributed by atoms with Gasteiger partial charge in [-0.05, 0) is 205 Å². The molecule has 3 heterocycles. The van der Waals surface area contributed by atoms with Gasteiger partial charge in [-0.1, -0.05) is 324 Å². The van der Waals surface area contributed by atoms with Crippen molar-refractivity contribution in [2.75, 3.05) is 13.2 Å². The van der Waals surface area contributed by atoms with Crippen molar-refractivity contribution < 1.29 is 17.5 Å². The number of rotatable bonds is 5. The van der Waals surface area contributed by atoms with Gasteiger partial charge in [0.25, 0.3) is 0 Å². The highest BCUT2D eigenvalue weighted by Crippen LogP contribution is 2.36. The monoisotopic (exact) mass is 1460 g/mol. The molecule has 558 valence electrons. The van der Waals surface area contributed by atoms with Crippen molar-refractivity contribution in [3.05, 3.63) is 266 Å². The average Bonchev–Trinajstić information content (AvgIpc) is 1.58. The molecule has 0 bridgehead atoms. The fraction of sp³-hybridized carbons (Fsp3) is 0.489. The van der Waals surface area contributed by atoms with Crippen LogP contribution in [-0.2, 0) is 47.3 Å². The molecule has 0 atom stereocenters. The summed E-state index contributed by atoms with van der Waals surface area (Å²) < 4.78 is 39.9. The van der Waals surface area contributed by atoms with Crippen molar-refractivity contribution in [1.82, 2.24) is 9.97 Å². The minimum atomic E-state index is -3.59. The number of primary sulfonamides is 1. The van der Waals surface area contributed by atoms with Crippen LogP contribution in [0.3, 0.4) is 0 Å². The summed E-state index contributed by atoms with van der Waals surface area (Å²) in [6.07, 6.45) is 11.1. The van der Waals surface area contributed by atoms with Gasteiger partial charge < -0.3 is 4.74 Å². The molecule has 0 amide bonds. The zero-order valence-electron chi connectivity index (χ0n) is 66.9. The average molecular weight is 1460 g/mol. The van der Waals surface area contributed by atoms with Crippen LogP contribution < -0.4 is 5.14 Å². The third-order valence-electron chi connectivity index (χ3n) is 16.9. The molecule has 2 aromatic heterocycles. The van der Waals surface area contributed by atoms with E-state index in [0.717, 1.165) is 63.2 Å². The quantitative estimate of drug-likeness (QED) is 0.185. The molecular weight excluding hydrogens is 1330 g/mol. The van der Waals surface area contributed by atoms with E-state index in [0.29, 0.717) is 17.3 Å². The van der Waals surface area contributed by atoms with Crippen LogP contribution in [-0.4, -0.2) is 31.6 Å². The number of aromatic nitrogens is 2. The van der Waals surface area contributed by atoms with Gasteiger partial charge in [0.1, 0.15) is 5.82 Å². The minimum absolute atomic E-state index is 0.0688. The summed E-state index contributed by atoms with van der Waals surface area (Å²) >= 11 is 17.6. The largest absolute Gasteiger partial charge is 0.381 e. The Balaban J connectivity index is 0.000000564. The van der Waals surface area contributed by atoms with Crippen molar-refractivity contribution in [1.29, 1.82) is 0 Å². The number of pyridine rings is 2. The van der Waals surface area contributed by atoms with Crippen molar-refractivity contribution in [3.63, 3.8) is 0 Å². The zero-order valence-corrected chi connectivity index (χ0v) is 70.0. The molecule has 0 spiro atoms. The van der Waals surface area contributed by atoms with Crippen molar-refractivity contribution in [3.8, 4) is 0 Å². The molecule has 0 unspecified atom stereocenters. The number of nitrogens with zero attached hydrogens (tertiary/aromatic N) is 2. The van der Waals surface area contributed by atoms with Crippen molar-refractivity contribution in [2.24, 2.45) is 28.8 Å². The lowest BCUT2D eigenvalue weighted by Gasteiger charge is -2.24. The number of nitrogens with two attached hydrogens (primary N) is 1. The Hall–Kier alpha value is -5.71. The predicted octanol–water partition coefficient (Wildman–Crippen LogP) is 27.2. The summed E-state index contributed by atoms with van der Waals surface area (Å²) in [5.74, 6) is 4.82. The van der Waals surface area contributed by atoms with Crippen LogP contribution in [0.5, 0.6) is 0 Å². The Morgan fingerprint density at radius 2 is 0.851 bits per heavy atom. The Morgan fingerprint density at radius 1 is 0.426 bits per heavy atom. The fourth-order valence-corrected chi connectivity index (χ4v) is 10.9. The standard InChI is InChI=1S/3C10H13Cl.C10H13F.C10H15NO2S.C10H14.2C8H11N.C8H16O.C6H12/c1-10(2,3)8-4-6-9(11)7-5-8;1-10(2,3)8-5-4-6-9(11)7-8;1-10(2,3)8-6-4-5-7-9(8)11;1-10(2,3)8-4-6-9(11)7-5-8;1-10(2,3)8-5-4-6-9(7-8)14(11,12)13;1-10(2,3)9-7-5-4-6-8-9;1-7(2)8-4-3-5-9-6-8;1-7(2)8-5-3-4-6-9-8;1-7(2)8-3-5-9-6-4-8;1-5(2)6-3-4-6/h4*4-7H,1-3H3;4-7H,1-3H3,(H2,11,12,13);4-8H,1-3H3;2*3-7H,1-2H3;7-8H,3-6H2,1-2H3;5-6H,3-4H2,1-2H3. The number of benzene rings is 6. The highest BCUT2D eigenvalue weighted by molar-refractivity contribution is 7.89. The summed E-state index contributed by atoms with van der Waals surface area (Å²) in [6, 6.07) is 58.0. The van der Waals surface area contributed by atoms with Gasteiger partial charge in [0.2, 0.25) is 10.0 Å². The van der Waals surface area contributed by atoms with Gasteiger partial charge in [0.15, 0.2) is 0 Å². The molecule has 1 aliphatic heterocycles. The van der Waals surface area contributed by atoms with Crippen molar-refractivity contribution >= 4 is 44.8 Å². The normalized spacial score (nSPS) is 13.2. The molecule has 2 fully saturated rings. The number of sulfonamides is 1. The first-order valence-electron chi connectivity index (χ1n) is 36.2. The van der Waals surface area contributed by atoms with E-state index in [2.05, 4.69) is 230 Å². The van der Waals surface area contributed by atoms with E-state index < -0.39 is 10.0 Å². The number of hydrogen-bond acceptors (Lipinski definition) is 5. The van der Waals surface area contributed by atoms with Crippen LogP contribution in [0.25, 0.3) is 0 Å². The summed E-state index contributed by atoms with van der Waals surface area (Å²) in [4.78, 5) is 8.36. The molecule has 11 heteroatoms. The van der Waals surface area contributed by atoms with E-state index in [1.54, 1.807) is 18.3 Å². The van der Waals surface area contributed by atoms with Crippen LogP contribution in [0.1, 0.15) is 262 Å². The second-order valence-electron chi connectivity index (χ2n) is 33.6. The highest BCUT2D eigenvalue weighted by Gasteiger charge is 2.24. The topological polar surface area (TPSA) is 95.2 Å². The van der Waals surface area contributed by atoms with Crippen molar-refractivity contribution in [2.45, 2.75) is 255 Å². The lowest BCUT2D eigenvalue weighted by atomic mass is 9.87. The molecule has 101 heavy (non-hydrogen) atoms. The van der Waals surface area contributed by atoms with Gasteiger partial charge >= 0.3 is 0 Å². The van der Waals surface area contributed by atoms with Gasteiger partial charge in [-0.15, -0.1) is 0 Å². The molecule has 6 aromatic carbocycles. The Morgan fingerprint density at radius 3 is 1.17 bits per heavy atom. The van der Waals surface area contributed by atoms with E-state index >= 15 is 0 Å². The summed E-state index contributed by atoms with van der Waals surface area (Å²) in [5.41, 5.74) is 10.7. The third-order valence-corrected chi connectivity index (χ3v) is 18.6. The molecule has 2 N–H and O–H groups in total. The second kappa shape index (κ2) is 44.8. The lowest BCUT2D eigenvalue weighted by Crippen LogP contribution is -2.19. The smallest absolute Gasteiger partial charge is 0.238 e. The minimum Gasteiger partial charge on any atom is -0.381 e. The maximum atomic E-state index is 12.5. The summed E-state index contributed by atoms with van der Waals surface area (Å²) in [5, 5.41) is 7.52. The first kappa shape index (κ1) is 93.3. The number of hydrogen-bond donors (Lipinski definition) is 1. The van der Waals surface area contributed by atoms with Crippen LogP contribution in [0.4, 0.5) is 4.39 Å². The highest BCUT2D eigenvalue weighted by atomic mass is 35.5. The van der Waals surface area contributed by atoms with Crippen LogP contribution in [0.15, 0.2) is 205 Å². The maximum Gasteiger partial charge on any atom is 0.238 e. The second-order valence-corrected chi connectivity index (χ2v) is 36.4. The van der Waals surface area contributed by atoms with Gasteiger partial charge in [-0.2, -0.15) is 0 Å². The molecule has 8 aromatic rings. The summed E-state index contributed by atoms with van der Waals surface area (Å²) in [6.45, 7) is 58.5. The van der Waals surface area contributed by atoms with E-state index in [9.17, 15) is 12.8 Å². The first-order chi connectivity index (χ1) is 46.5. The van der Waals surface area contributed by atoms with E-state index in [1.165, 1.54) is 77.3 Å². The van der Waals surface area contributed by atoms with E-state index in [-0.39, 0.29) is 37.8 Å². The van der Waals surface area contributed by atoms with Gasteiger partial charge in [-0.3, -0.25) is 9.97 Å². The molecule has 2 aliphatic rings. The first-order valence-corrected chi connectivity index (χ1v) is 38.8. The summed E-state index contributed by atoms with van der Waals surface area (Å²) in [7, 11) is -3.59. The molecular formula is C90H131Cl3FN3O3S. The molecule has 6 nitrogen and oxygen atoms in total. The molecule has 1 saturated carbocycles. The van der Waals surface area contributed by atoms with E-state index in [1.807, 2.05) is 124 Å². The lowest BCUT2D eigenvalue weighted by molar-refractivity contribution is 0.0523. The van der Waals surface area contributed by atoms with Crippen LogP contribution in [0, 0.1) is 29.5 Å². The maximum absolute atomic E-state index is 12.5. The van der Waals surface area contributed by atoms with Crippen LogP contribution >= 0.6 is 34.8 Å². The van der Waals surface area contributed by atoms with E-state index in [4.69, 9.17) is 44.7 Å². The number of halogens is 4. The zero-order chi connectivity index (χ0) is 77.2. The third kappa shape index (κ3) is 42.0. The Kier molecular flexibility index (Phi) is 41.4. The van der Waals surface area contributed by atoms with Gasteiger partial charge in [-0.25, -0.2) is 17.9 Å². The molecule has 10 rings (SSSR count). The molecule has 1 aliphatic carbocycles. The SMILES string of the molecule is CC(C)(C)c1ccc(Cl)cc1.CC(C)(C)c1ccc(F)cc1.CC(C)(C)c1cccc(Cl)c1.CC(C)(C)c1cccc(S(N)(=O)=O)c1.CC(C)(C)c1ccccc1.CC(C)(C)c1ccccc1Cl.CC(C)C1CC1.CC(C)C1CCOCC1.CC(C)c1ccccn1.CC(C)c1cccnc1. The van der Waals surface area contributed by atoms with Gasteiger partial charge in [0.05, 0.1) is 4.90 Å². The number of ether oxygens (including phenoxy) is 1. The fourth-order valence-electron chi connectivity index (χ4n) is 9.58. The van der Waals surface area contributed by atoms with Gasteiger partial charge in [0, 0.05) is 52.6 Å². The Labute approximate surface area is 631 Å². The molecule has 0 radical (unpaired) electrons. The Bertz CT molecular complexity index is 3490. The molecule has 1 saturated heterocycles.